The number of amides is 1. The molecule has 0 aromatic heterocycles. The first-order valence-corrected chi connectivity index (χ1v) is 7.08. The highest BCUT2D eigenvalue weighted by Gasteiger charge is 2.20. The van der Waals surface area contributed by atoms with Crippen molar-refractivity contribution in [2.75, 3.05) is 32.7 Å². The summed E-state index contributed by atoms with van der Waals surface area (Å²) >= 11 is 0. The lowest BCUT2D eigenvalue weighted by molar-refractivity contribution is 0.0760. The van der Waals surface area contributed by atoms with Crippen LogP contribution in [-0.4, -0.2) is 48.4 Å². The number of nitrogens with zero attached hydrogens (tertiary/aromatic N) is 2. The zero-order valence-corrected chi connectivity index (χ0v) is 11.7. The Hall–Kier alpha value is -1.49. The van der Waals surface area contributed by atoms with Crippen LogP contribution in [0, 0.1) is 11.6 Å². The minimum absolute atomic E-state index is 0.0893. The largest absolute Gasteiger partial charge is 0.337 e. The summed E-state index contributed by atoms with van der Waals surface area (Å²) in [6.07, 6.45) is 1.98. The molecule has 0 bridgehead atoms. The first-order chi connectivity index (χ1) is 9.60. The molecule has 2 rings (SSSR count). The fourth-order valence-corrected chi connectivity index (χ4v) is 2.57. The first kappa shape index (κ1) is 14.9. The second-order valence-corrected chi connectivity index (χ2v) is 5.15. The van der Waals surface area contributed by atoms with E-state index in [-0.39, 0.29) is 11.5 Å². The summed E-state index contributed by atoms with van der Waals surface area (Å²) in [4.78, 5) is 16.3. The van der Waals surface area contributed by atoms with Crippen molar-refractivity contribution in [3.63, 3.8) is 0 Å². The SMILES string of the molecule is CCCN1CCCN(C(=O)c2cc(F)cc(F)c2)CC1. The zero-order valence-electron chi connectivity index (χ0n) is 11.7. The van der Waals surface area contributed by atoms with E-state index in [1.54, 1.807) is 4.90 Å². The highest BCUT2D eigenvalue weighted by atomic mass is 19.1. The number of rotatable bonds is 3. The fourth-order valence-electron chi connectivity index (χ4n) is 2.57. The highest BCUT2D eigenvalue weighted by Crippen LogP contribution is 2.13. The summed E-state index contributed by atoms with van der Waals surface area (Å²) in [5, 5.41) is 0. The summed E-state index contributed by atoms with van der Waals surface area (Å²) in [7, 11) is 0. The lowest BCUT2D eigenvalue weighted by Gasteiger charge is -2.21. The molecule has 1 aromatic carbocycles. The van der Waals surface area contributed by atoms with Crippen molar-refractivity contribution in [1.82, 2.24) is 9.80 Å². The zero-order chi connectivity index (χ0) is 14.5. The first-order valence-electron chi connectivity index (χ1n) is 7.08. The van der Waals surface area contributed by atoms with E-state index in [1.807, 2.05) is 0 Å². The summed E-state index contributed by atoms with van der Waals surface area (Å²) in [5.74, 6) is -1.71. The summed E-state index contributed by atoms with van der Waals surface area (Å²) in [5.41, 5.74) is 0.0893. The van der Waals surface area contributed by atoms with Gasteiger partial charge in [-0.1, -0.05) is 6.92 Å². The molecule has 0 aliphatic carbocycles. The molecule has 1 fully saturated rings. The molecule has 1 aliphatic rings. The number of hydrogen-bond acceptors (Lipinski definition) is 2. The molecule has 0 radical (unpaired) electrons. The van der Waals surface area contributed by atoms with Crippen molar-refractivity contribution < 1.29 is 13.6 Å². The summed E-state index contributed by atoms with van der Waals surface area (Å²) in [6, 6.07) is 2.97. The highest BCUT2D eigenvalue weighted by molar-refractivity contribution is 5.94. The number of carbonyl (C=O) groups excluding carboxylic acids is 1. The summed E-state index contributed by atoms with van der Waals surface area (Å²) in [6.45, 7) is 6.18. The van der Waals surface area contributed by atoms with Crippen molar-refractivity contribution in [1.29, 1.82) is 0 Å². The van der Waals surface area contributed by atoms with Crippen molar-refractivity contribution in [3.05, 3.63) is 35.4 Å². The quantitative estimate of drug-likeness (QED) is 0.850. The van der Waals surface area contributed by atoms with Gasteiger partial charge in [-0.15, -0.1) is 0 Å². The topological polar surface area (TPSA) is 23.6 Å². The van der Waals surface area contributed by atoms with Crippen LogP contribution in [0.5, 0.6) is 0 Å². The van der Waals surface area contributed by atoms with Crippen LogP contribution in [0.3, 0.4) is 0 Å². The third-order valence-electron chi connectivity index (χ3n) is 3.53. The molecule has 0 saturated carbocycles. The number of benzene rings is 1. The van der Waals surface area contributed by atoms with E-state index in [1.165, 1.54) is 0 Å². The van der Waals surface area contributed by atoms with Crippen LogP contribution >= 0.6 is 0 Å². The van der Waals surface area contributed by atoms with E-state index >= 15 is 0 Å². The maximum Gasteiger partial charge on any atom is 0.254 e. The minimum Gasteiger partial charge on any atom is -0.337 e. The van der Waals surface area contributed by atoms with Crippen LogP contribution in [0.1, 0.15) is 30.1 Å². The molecule has 1 aliphatic heterocycles. The molecule has 1 heterocycles. The Labute approximate surface area is 118 Å². The van der Waals surface area contributed by atoms with Crippen LogP contribution in [0.15, 0.2) is 18.2 Å². The van der Waals surface area contributed by atoms with E-state index in [4.69, 9.17) is 0 Å². The van der Waals surface area contributed by atoms with Crippen LogP contribution in [-0.2, 0) is 0 Å². The Morgan fingerprint density at radius 2 is 1.80 bits per heavy atom. The molecule has 1 saturated heterocycles. The van der Waals surface area contributed by atoms with Gasteiger partial charge in [0, 0.05) is 31.3 Å². The number of hydrogen-bond donors (Lipinski definition) is 0. The van der Waals surface area contributed by atoms with Gasteiger partial charge >= 0.3 is 0 Å². The maximum atomic E-state index is 13.2. The van der Waals surface area contributed by atoms with E-state index in [2.05, 4.69) is 11.8 Å². The third kappa shape index (κ3) is 3.76. The second kappa shape index (κ2) is 6.79. The van der Waals surface area contributed by atoms with Crippen molar-refractivity contribution in [2.45, 2.75) is 19.8 Å². The molecule has 20 heavy (non-hydrogen) atoms. The monoisotopic (exact) mass is 282 g/mol. The molecule has 1 amide bonds. The molecule has 5 heteroatoms. The molecular weight excluding hydrogens is 262 g/mol. The molecular formula is C15H20F2N2O. The van der Waals surface area contributed by atoms with Gasteiger partial charge in [0.1, 0.15) is 11.6 Å². The lowest BCUT2D eigenvalue weighted by atomic mass is 10.2. The standard InChI is InChI=1S/C15H20F2N2O/c1-2-4-18-5-3-6-19(8-7-18)15(20)12-9-13(16)11-14(17)10-12/h9-11H,2-8H2,1H3. The second-order valence-electron chi connectivity index (χ2n) is 5.15. The van der Waals surface area contributed by atoms with Crippen LogP contribution in [0.4, 0.5) is 8.78 Å². The van der Waals surface area contributed by atoms with E-state index in [9.17, 15) is 13.6 Å². The van der Waals surface area contributed by atoms with Gasteiger partial charge in [-0.25, -0.2) is 8.78 Å². The lowest BCUT2D eigenvalue weighted by Crippen LogP contribution is -2.35. The van der Waals surface area contributed by atoms with Gasteiger partial charge in [0.2, 0.25) is 0 Å². The van der Waals surface area contributed by atoms with Crippen molar-refractivity contribution in [2.24, 2.45) is 0 Å². The normalized spacial score (nSPS) is 17.1. The van der Waals surface area contributed by atoms with E-state index in [0.717, 1.165) is 50.7 Å². The Kier molecular flexibility index (Phi) is 5.06. The van der Waals surface area contributed by atoms with Gasteiger partial charge in [0.25, 0.3) is 5.91 Å². The predicted molar refractivity (Wildman–Crippen MR) is 73.6 cm³/mol. The van der Waals surface area contributed by atoms with Gasteiger partial charge in [0.05, 0.1) is 0 Å². The fraction of sp³-hybridized carbons (Fsp3) is 0.533. The van der Waals surface area contributed by atoms with Gasteiger partial charge in [-0.3, -0.25) is 4.79 Å². The van der Waals surface area contributed by atoms with Gasteiger partial charge in [-0.2, -0.15) is 0 Å². The maximum absolute atomic E-state index is 13.2. The Balaban J connectivity index is 2.05. The molecule has 0 N–H and O–H groups in total. The van der Waals surface area contributed by atoms with Crippen LogP contribution < -0.4 is 0 Å². The van der Waals surface area contributed by atoms with Crippen molar-refractivity contribution >= 4 is 5.91 Å². The van der Waals surface area contributed by atoms with Gasteiger partial charge in [-0.05, 0) is 38.1 Å². The van der Waals surface area contributed by atoms with Gasteiger partial charge < -0.3 is 9.80 Å². The summed E-state index contributed by atoms with van der Waals surface area (Å²) < 4.78 is 26.4. The predicted octanol–water partition coefficient (Wildman–Crippen LogP) is 2.52. The Morgan fingerprint density at radius 3 is 2.45 bits per heavy atom. The number of halogens is 2. The third-order valence-corrected chi connectivity index (χ3v) is 3.53. The van der Waals surface area contributed by atoms with Crippen LogP contribution in [0.25, 0.3) is 0 Å². The molecule has 0 spiro atoms. The Bertz CT molecular complexity index is 459. The number of carbonyl (C=O) groups is 1. The van der Waals surface area contributed by atoms with E-state index in [0.29, 0.717) is 13.1 Å². The van der Waals surface area contributed by atoms with E-state index < -0.39 is 11.6 Å². The average Bonchev–Trinajstić information content (AvgIpc) is 2.63. The molecule has 0 atom stereocenters. The average molecular weight is 282 g/mol. The molecule has 0 unspecified atom stereocenters. The van der Waals surface area contributed by atoms with Crippen LogP contribution in [0.2, 0.25) is 0 Å². The van der Waals surface area contributed by atoms with Gasteiger partial charge in [0.15, 0.2) is 0 Å². The Morgan fingerprint density at radius 1 is 1.10 bits per heavy atom. The molecule has 110 valence electrons. The molecule has 3 nitrogen and oxygen atoms in total. The molecule has 1 aromatic rings. The smallest absolute Gasteiger partial charge is 0.254 e. The minimum atomic E-state index is -0.712. The van der Waals surface area contributed by atoms with Crippen molar-refractivity contribution in [3.8, 4) is 0 Å².